The van der Waals surface area contributed by atoms with Crippen LogP contribution in [0.5, 0.6) is 11.5 Å². The Morgan fingerprint density at radius 1 is 1.27 bits per heavy atom. The lowest BCUT2D eigenvalue weighted by molar-refractivity contribution is 0.100. The van der Waals surface area contributed by atoms with Gasteiger partial charge >= 0.3 is 0 Å². The van der Waals surface area contributed by atoms with Crippen molar-refractivity contribution in [3.8, 4) is 17.6 Å². The van der Waals surface area contributed by atoms with Crippen LogP contribution in [-0.2, 0) is 0 Å². The van der Waals surface area contributed by atoms with E-state index in [1.165, 1.54) is 0 Å². The van der Waals surface area contributed by atoms with Crippen LogP contribution in [0.25, 0.3) is 6.08 Å². The lowest BCUT2D eigenvalue weighted by atomic mass is 9.98. The minimum absolute atomic E-state index is 0.0810. The number of benzene rings is 2. The van der Waals surface area contributed by atoms with Crippen molar-refractivity contribution in [2.24, 2.45) is 0 Å². The number of ether oxygens (including phenoxy) is 2. The van der Waals surface area contributed by atoms with Crippen molar-refractivity contribution >= 4 is 11.9 Å². The molecule has 1 aliphatic rings. The SMILES string of the molecule is COc1ccc2c(c1)C(=O)/C(=C/c1cccc(C#N)c1)CO2. The number of methoxy groups -OCH3 is 1. The molecule has 4 nitrogen and oxygen atoms in total. The van der Waals surface area contributed by atoms with Crippen molar-refractivity contribution < 1.29 is 14.3 Å². The summed E-state index contributed by atoms with van der Waals surface area (Å²) in [6.07, 6.45) is 1.76. The van der Waals surface area contributed by atoms with Crippen molar-refractivity contribution in [3.05, 3.63) is 64.7 Å². The first-order valence-corrected chi connectivity index (χ1v) is 6.77. The second kappa shape index (κ2) is 5.74. The van der Waals surface area contributed by atoms with E-state index in [4.69, 9.17) is 14.7 Å². The molecule has 0 saturated heterocycles. The number of hydrogen-bond donors (Lipinski definition) is 0. The van der Waals surface area contributed by atoms with Gasteiger partial charge in [0.1, 0.15) is 18.1 Å². The Morgan fingerprint density at radius 2 is 2.14 bits per heavy atom. The zero-order valence-electron chi connectivity index (χ0n) is 12.0. The fourth-order valence-corrected chi connectivity index (χ4v) is 2.34. The molecule has 3 rings (SSSR count). The lowest BCUT2D eigenvalue weighted by Gasteiger charge is -2.19. The maximum atomic E-state index is 12.6. The van der Waals surface area contributed by atoms with Gasteiger partial charge in [-0.15, -0.1) is 0 Å². The van der Waals surface area contributed by atoms with Crippen molar-refractivity contribution in [3.63, 3.8) is 0 Å². The molecule has 0 saturated carbocycles. The molecule has 0 aromatic heterocycles. The number of hydrogen-bond acceptors (Lipinski definition) is 4. The van der Waals surface area contributed by atoms with Crippen LogP contribution in [0.1, 0.15) is 21.5 Å². The third-order valence-corrected chi connectivity index (χ3v) is 3.46. The largest absolute Gasteiger partial charge is 0.497 e. The number of nitriles is 1. The fourth-order valence-electron chi connectivity index (χ4n) is 2.34. The van der Waals surface area contributed by atoms with Gasteiger partial charge in [0.25, 0.3) is 0 Å². The highest BCUT2D eigenvalue weighted by molar-refractivity contribution is 6.14. The average Bonchev–Trinajstić information content (AvgIpc) is 2.57. The summed E-state index contributed by atoms with van der Waals surface area (Å²) in [6, 6.07) is 14.4. The Balaban J connectivity index is 1.98. The van der Waals surface area contributed by atoms with Crippen molar-refractivity contribution in [1.82, 2.24) is 0 Å². The van der Waals surface area contributed by atoms with Crippen LogP contribution in [0.4, 0.5) is 0 Å². The van der Waals surface area contributed by atoms with Gasteiger partial charge in [-0.1, -0.05) is 12.1 Å². The monoisotopic (exact) mass is 291 g/mol. The van der Waals surface area contributed by atoms with Gasteiger partial charge in [-0.25, -0.2) is 0 Å². The number of rotatable bonds is 2. The van der Waals surface area contributed by atoms with E-state index in [-0.39, 0.29) is 12.4 Å². The van der Waals surface area contributed by atoms with E-state index in [1.54, 1.807) is 49.6 Å². The smallest absolute Gasteiger partial charge is 0.196 e. The number of carbonyl (C=O) groups is 1. The molecule has 0 unspecified atom stereocenters. The minimum Gasteiger partial charge on any atom is -0.497 e. The molecule has 2 aromatic carbocycles. The first kappa shape index (κ1) is 13.9. The van der Waals surface area contributed by atoms with Gasteiger partial charge in [0.2, 0.25) is 0 Å². The summed E-state index contributed by atoms with van der Waals surface area (Å²) < 4.78 is 10.8. The second-order valence-electron chi connectivity index (χ2n) is 4.89. The van der Waals surface area contributed by atoms with Crippen LogP contribution in [0.3, 0.4) is 0 Å². The first-order valence-electron chi connectivity index (χ1n) is 6.77. The summed E-state index contributed by atoms with van der Waals surface area (Å²) in [5.74, 6) is 1.10. The minimum atomic E-state index is -0.0810. The summed E-state index contributed by atoms with van der Waals surface area (Å²) >= 11 is 0. The van der Waals surface area contributed by atoms with Crippen LogP contribution in [-0.4, -0.2) is 19.5 Å². The van der Waals surface area contributed by atoms with E-state index in [0.29, 0.717) is 28.2 Å². The molecule has 108 valence electrons. The van der Waals surface area contributed by atoms with Crippen molar-refractivity contribution in [1.29, 1.82) is 5.26 Å². The predicted molar refractivity (Wildman–Crippen MR) is 82.0 cm³/mol. The molecule has 1 aliphatic heterocycles. The zero-order valence-corrected chi connectivity index (χ0v) is 12.0. The molecule has 0 radical (unpaired) electrons. The third-order valence-electron chi connectivity index (χ3n) is 3.46. The number of carbonyl (C=O) groups excluding carboxylic acids is 1. The summed E-state index contributed by atoms with van der Waals surface area (Å²) in [7, 11) is 1.56. The van der Waals surface area contributed by atoms with Gasteiger partial charge in [-0.05, 0) is 42.0 Å². The molecule has 0 N–H and O–H groups in total. The molecule has 1 heterocycles. The second-order valence-corrected chi connectivity index (χ2v) is 4.89. The Hall–Kier alpha value is -3.06. The van der Waals surface area contributed by atoms with Crippen molar-refractivity contribution in [2.75, 3.05) is 13.7 Å². The third kappa shape index (κ3) is 2.57. The maximum absolute atomic E-state index is 12.6. The first-order chi connectivity index (χ1) is 10.7. The lowest BCUT2D eigenvalue weighted by Crippen LogP contribution is -2.19. The van der Waals surface area contributed by atoms with Gasteiger partial charge < -0.3 is 9.47 Å². The summed E-state index contributed by atoms with van der Waals surface area (Å²) in [5, 5.41) is 8.93. The molecule has 0 bridgehead atoms. The molecular weight excluding hydrogens is 278 g/mol. The number of nitrogens with zero attached hydrogens (tertiary/aromatic N) is 1. The van der Waals surface area contributed by atoms with Gasteiger partial charge in [0, 0.05) is 5.57 Å². The quantitative estimate of drug-likeness (QED) is 0.797. The molecule has 0 aliphatic carbocycles. The standard InChI is InChI=1S/C18H13NO3/c1-21-15-5-6-17-16(9-15)18(20)14(11-22-17)8-12-3-2-4-13(7-12)10-19/h2-9H,11H2,1H3/b14-8+. The molecule has 2 aromatic rings. The summed E-state index contributed by atoms with van der Waals surface area (Å²) in [5.41, 5.74) is 2.40. The van der Waals surface area contributed by atoms with Crippen LogP contribution < -0.4 is 9.47 Å². The van der Waals surface area contributed by atoms with Gasteiger partial charge in [-0.2, -0.15) is 5.26 Å². The number of fused-ring (bicyclic) bond motifs is 1. The molecule has 0 atom stereocenters. The highest BCUT2D eigenvalue weighted by Gasteiger charge is 2.23. The zero-order chi connectivity index (χ0) is 15.5. The Morgan fingerprint density at radius 3 is 2.91 bits per heavy atom. The Labute approximate surface area is 128 Å². The summed E-state index contributed by atoms with van der Waals surface area (Å²) in [6.45, 7) is 0.217. The van der Waals surface area contributed by atoms with E-state index in [2.05, 4.69) is 6.07 Å². The Kier molecular flexibility index (Phi) is 3.63. The fraction of sp³-hybridized carbons (Fsp3) is 0.111. The Bertz CT molecular complexity index is 815. The molecule has 4 heteroatoms. The molecule has 0 spiro atoms. The van der Waals surface area contributed by atoms with E-state index < -0.39 is 0 Å². The normalized spacial score (nSPS) is 14.9. The highest BCUT2D eigenvalue weighted by Crippen LogP contribution is 2.31. The number of Topliss-reactive ketones (excluding diaryl/α,β-unsaturated/α-hetero) is 1. The predicted octanol–water partition coefficient (Wildman–Crippen LogP) is 3.23. The van der Waals surface area contributed by atoms with Crippen LogP contribution in [0.2, 0.25) is 0 Å². The maximum Gasteiger partial charge on any atom is 0.196 e. The van der Waals surface area contributed by atoms with E-state index in [0.717, 1.165) is 5.56 Å². The highest BCUT2D eigenvalue weighted by atomic mass is 16.5. The molecule has 22 heavy (non-hydrogen) atoms. The number of ketones is 1. The van der Waals surface area contributed by atoms with Crippen LogP contribution in [0.15, 0.2) is 48.0 Å². The van der Waals surface area contributed by atoms with Crippen LogP contribution >= 0.6 is 0 Å². The molecular formula is C18H13NO3. The molecule has 0 fully saturated rings. The van der Waals surface area contributed by atoms with Crippen LogP contribution in [0, 0.1) is 11.3 Å². The topological polar surface area (TPSA) is 59.3 Å². The van der Waals surface area contributed by atoms with E-state index in [9.17, 15) is 4.79 Å². The van der Waals surface area contributed by atoms with Gasteiger partial charge in [0.05, 0.1) is 24.3 Å². The van der Waals surface area contributed by atoms with Crippen molar-refractivity contribution in [2.45, 2.75) is 0 Å². The average molecular weight is 291 g/mol. The summed E-state index contributed by atoms with van der Waals surface area (Å²) in [4.78, 5) is 12.6. The van der Waals surface area contributed by atoms with Gasteiger partial charge in [-0.3, -0.25) is 4.79 Å². The van der Waals surface area contributed by atoms with E-state index >= 15 is 0 Å². The molecule has 0 amide bonds. The van der Waals surface area contributed by atoms with Gasteiger partial charge in [0.15, 0.2) is 5.78 Å². The van der Waals surface area contributed by atoms with E-state index in [1.807, 2.05) is 6.07 Å².